The molecule has 128 valence electrons. The molecule has 0 saturated carbocycles. The normalized spacial score (nSPS) is 10.2. The molecular formula is C19H23NO3S. The molecule has 0 spiro atoms. The molecule has 24 heavy (non-hydrogen) atoms. The van der Waals surface area contributed by atoms with Gasteiger partial charge in [-0.1, -0.05) is 17.7 Å². The van der Waals surface area contributed by atoms with Gasteiger partial charge in [0.15, 0.2) is 0 Å². The quantitative estimate of drug-likeness (QED) is 0.694. The van der Waals surface area contributed by atoms with E-state index in [1.54, 1.807) is 11.8 Å². The zero-order chi connectivity index (χ0) is 17.2. The van der Waals surface area contributed by atoms with Crippen LogP contribution in [0.25, 0.3) is 0 Å². The van der Waals surface area contributed by atoms with Crippen LogP contribution in [0.3, 0.4) is 0 Å². The van der Waals surface area contributed by atoms with Crippen molar-refractivity contribution in [3.8, 4) is 11.5 Å². The van der Waals surface area contributed by atoms with Crippen LogP contribution in [-0.4, -0.2) is 30.6 Å². The fourth-order valence-corrected chi connectivity index (χ4v) is 2.62. The number of ether oxygens (including phenoxy) is 2. The maximum atomic E-state index is 11.9. The third kappa shape index (κ3) is 6.54. The van der Waals surface area contributed by atoms with Crippen molar-refractivity contribution in [2.45, 2.75) is 13.8 Å². The second-order valence-corrected chi connectivity index (χ2v) is 6.32. The lowest BCUT2D eigenvalue weighted by Gasteiger charge is -2.08. The highest BCUT2D eigenvalue weighted by molar-refractivity contribution is 7.99. The first-order chi connectivity index (χ1) is 11.7. The molecule has 4 nitrogen and oxygen atoms in total. The van der Waals surface area contributed by atoms with E-state index in [1.165, 1.54) is 5.56 Å². The lowest BCUT2D eigenvalue weighted by atomic mass is 10.2. The highest BCUT2D eigenvalue weighted by Gasteiger charge is 2.03. The Labute approximate surface area is 147 Å². The molecule has 0 aliphatic rings. The van der Waals surface area contributed by atoms with Crippen molar-refractivity contribution in [2.75, 3.05) is 30.0 Å². The Morgan fingerprint density at radius 2 is 1.62 bits per heavy atom. The summed E-state index contributed by atoms with van der Waals surface area (Å²) >= 11 is 1.55. The van der Waals surface area contributed by atoms with Gasteiger partial charge in [0, 0.05) is 11.4 Å². The van der Waals surface area contributed by atoms with Gasteiger partial charge in [0.2, 0.25) is 5.91 Å². The fourth-order valence-electron chi connectivity index (χ4n) is 2.02. The van der Waals surface area contributed by atoms with E-state index in [2.05, 4.69) is 5.32 Å². The maximum absolute atomic E-state index is 11.9. The van der Waals surface area contributed by atoms with Crippen molar-refractivity contribution < 1.29 is 14.3 Å². The average Bonchev–Trinajstić information content (AvgIpc) is 2.58. The van der Waals surface area contributed by atoms with Crippen LogP contribution in [0.4, 0.5) is 5.69 Å². The first-order valence-electron chi connectivity index (χ1n) is 7.97. The predicted octanol–water partition coefficient (Wildman–Crippen LogP) is 4.14. The number of rotatable bonds is 9. The highest BCUT2D eigenvalue weighted by Crippen LogP contribution is 2.16. The van der Waals surface area contributed by atoms with E-state index in [0.29, 0.717) is 19.0 Å². The van der Waals surface area contributed by atoms with Crippen LogP contribution >= 0.6 is 11.8 Å². The molecule has 0 aliphatic carbocycles. The Hall–Kier alpha value is -2.14. The highest BCUT2D eigenvalue weighted by atomic mass is 32.2. The molecule has 2 rings (SSSR count). The van der Waals surface area contributed by atoms with E-state index in [9.17, 15) is 4.79 Å². The summed E-state index contributed by atoms with van der Waals surface area (Å²) in [5.74, 6) is 2.83. The summed E-state index contributed by atoms with van der Waals surface area (Å²) in [5.41, 5.74) is 1.99. The fraction of sp³-hybridized carbons (Fsp3) is 0.316. The largest absolute Gasteiger partial charge is 0.494 e. The molecule has 1 N–H and O–H groups in total. The molecule has 0 fully saturated rings. The minimum Gasteiger partial charge on any atom is -0.494 e. The van der Waals surface area contributed by atoms with Crippen molar-refractivity contribution in [3.05, 3.63) is 54.1 Å². The molecule has 0 aromatic heterocycles. The zero-order valence-electron chi connectivity index (χ0n) is 14.1. The van der Waals surface area contributed by atoms with Crippen LogP contribution in [-0.2, 0) is 4.79 Å². The second kappa shape index (κ2) is 9.88. The third-order valence-corrected chi connectivity index (χ3v) is 4.12. The molecule has 0 atom stereocenters. The number of thioether (sulfide) groups is 1. The lowest BCUT2D eigenvalue weighted by molar-refractivity contribution is -0.113. The number of hydrogen-bond acceptors (Lipinski definition) is 4. The molecule has 5 heteroatoms. The number of carbonyl (C=O) groups excluding carboxylic acids is 1. The number of benzene rings is 2. The number of amides is 1. The number of anilines is 1. The number of aryl methyl sites for hydroxylation is 1. The average molecular weight is 345 g/mol. The lowest BCUT2D eigenvalue weighted by Crippen LogP contribution is -2.15. The minimum absolute atomic E-state index is 0.0144. The molecular weight excluding hydrogens is 322 g/mol. The molecule has 0 bridgehead atoms. The Balaban J connectivity index is 1.61. The molecule has 0 saturated heterocycles. The molecule has 0 heterocycles. The van der Waals surface area contributed by atoms with E-state index in [-0.39, 0.29) is 5.91 Å². The van der Waals surface area contributed by atoms with Gasteiger partial charge in [-0.3, -0.25) is 4.79 Å². The van der Waals surface area contributed by atoms with E-state index >= 15 is 0 Å². The number of carbonyl (C=O) groups is 1. The van der Waals surface area contributed by atoms with Crippen molar-refractivity contribution in [2.24, 2.45) is 0 Å². The smallest absolute Gasteiger partial charge is 0.234 e. The van der Waals surface area contributed by atoms with Crippen LogP contribution < -0.4 is 14.8 Å². The second-order valence-electron chi connectivity index (χ2n) is 5.22. The van der Waals surface area contributed by atoms with Gasteiger partial charge in [-0.25, -0.2) is 0 Å². The van der Waals surface area contributed by atoms with Crippen LogP contribution in [0.5, 0.6) is 11.5 Å². The molecule has 1 amide bonds. The Morgan fingerprint density at radius 3 is 2.29 bits per heavy atom. The van der Waals surface area contributed by atoms with E-state index < -0.39 is 0 Å². The summed E-state index contributed by atoms with van der Waals surface area (Å²) in [6, 6.07) is 15.3. The van der Waals surface area contributed by atoms with Gasteiger partial charge in [0.05, 0.1) is 19.0 Å². The van der Waals surface area contributed by atoms with Gasteiger partial charge < -0.3 is 14.8 Å². The van der Waals surface area contributed by atoms with Crippen LogP contribution in [0.2, 0.25) is 0 Å². The Kier molecular flexibility index (Phi) is 7.49. The van der Waals surface area contributed by atoms with E-state index in [4.69, 9.17) is 9.47 Å². The van der Waals surface area contributed by atoms with Crippen molar-refractivity contribution in [3.63, 3.8) is 0 Å². The van der Waals surface area contributed by atoms with Crippen LogP contribution in [0, 0.1) is 6.92 Å². The first kappa shape index (κ1) is 18.2. The third-order valence-electron chi connectivity index (χ3n) is 3.20. The summed E-state index contributed by atoms with van der Waals surface area (Å²) < 4.78 is 11.0. The molecule has 0 unspecified atom stereocenters. The van der Waals surface area contributed by atoms with Gasteiger partial charge in [-0.15, -0.1) is 11.8 Å². The summed E-state index contributed by atoms with van der Waals surface area (Å²) in [6.07, 6.45) is 0. The summed E-state index contributed by atoms with van der Waals surface area (Å²) in [6.45, 7) is 5.20. The predicted molar refractivity (Wildman–Crippen MR) is 100 cm³/mol. The molecule has 2 aromatic carbocycles. The maximum Gasteiger partial charge on any atom is 0.234 e. The van der Waals surface area contributed by atoms with Crippen LogP contribution in [0.15, 0.2) is 48.5 Å². The standard InChI is InChI=1S/C19H23NO3S/c1-3-22-17-10-6-16(7-11-17)20-19(21)14-24-13-12-23-18-8-4-15(2)5-9-18/h4-11H,3,12-14H2,1-2H3,(H,20,21). The minimum atomic E-state index is -0.0144. The summed E-state index contributed by atoms with van der Waals surface area (Å²) in [7, 11) is 0. The molecule has 2 aromatic rings. The van der Waals surface area contributed by atoms with Gasteiger partial charge in [0.25, 0.3) is 0 Å². The van der Waals surface area contributed by atoms with Gasteiger partial charge in [-0.2, -0.15) is 0 Å². The summed E-state index contributed by atoms with van der Waals surface area (Å²) in [5, 5.41) is 2.87. The molecule has 0 aliphatic heterocycles. The Morgan fingerprint density at radius 1 is 1.00 bits per heavy atom. The number of nitrogens with one attached hydrogen (secondary N) is 1. The van der Waals surface area contributed by atoms with Crippen molar-refractivity contribution >= 4 is 23.4 Å². The van der Waals surface area contributed by atoms with Crippen molar-refractivity contribution in [1.29, 1.82) is 0 Å². The SMILES string of the molecule is CCOc1ccc(NC(=O)CSCCOc2ccc(C)cc2)cc1. The van der Waals surface area contributed by atoms with E-state index in [0.717, 1.165) is 22.9 Å². The topological polar surface area (TPSA) is 47.6 Å². The van der Waals surface area contributed by atoms with Crippen LogP contribution in [0.1, 0.15) is 12.5 Å². The first-order valence-corrected chi connectivity index (χ1v) is 9.13. The Bertz CT molecular complexity index is 626. The van der Waals surface area contributed by atoms with Crippen molar-refractivity contribution in [1.82, 2.24) is 0 Å². The molecule has 0 radical (unpaired) electrons. The van der Waals surface area contributed by atoms with Gasteiger partial charge >= 0.3 is 0 Å². The number of hydrogen-bond donors (Lipinski definition) is 1. The van der Waals surface area contributed by atoms with E-state index in [1.807, 2.05) is 62.4 Å². The monoisotopic (exact) mass is 345 g/mol. The zero-order valence-corrected chi connectivity index (χ0v) is 14.9. The van der Waals surface area contributed by atoms with Gasteiger partial charge in [0.1, 0.15) is 11.5 Å². The van der Waals surface area contributed by atoms with Gasteiger partial charge in [-0.05, 0) is 50.2 Å². The summed E-state index contributed by atoms with van der Waals surface area (Å²) in [4.78, 5) is 11.9.